The maximum Gasteiger partial charge on any atom is 0.339 e. The molecule has 0 bridgehead atoms. The van der Waals surface area contributed by atoms with Crippen molar-refractivity contribution in [1.29, 1.82) is 0 Å². The molecule has 2 aromatic carbocycles. The topological polar surface area (TPSA) is 95.7 Å². The minimum atomic E-state index is -3.92. The maximum absolute atomic E-state index is 12.1. The molecule has 0 amide bonds. The van der Waals surface area contributed by atoms with E-state index in [0.29, 0.717) is 20.3 Å². The first kappa shape index (κ1) is 20.0. The molecule has 0 aliphatic carbocycles. The fourth-order valence-corrected chi connectivity index (χ4v) is 3.21. The second-order valence-corrected chi connectivity index (χ2v) is 8.01. The summed E-state index contributed by atoms with van der Waals surface area (Å²) in [5, 5.41) is 5.86. The Hall–Kier alpha value is -1.32. The van der Waals surface area contributed by atoms with Crippen LogP contribution in [0.3, 0.4) is 0 Å². The van der Waals surface area contributed by atoms with Crippen molar-refractivity contribution in [2.75, 3.05) is 13.2 Å². The Morgan fingerprint density at radius 3 is 2.48 bits per heavy atom. The van der Waals surface area contributed by atoms with Crippen molar-refractivity contribution in [3.8, 4) is 5.75 Å². The van der Waals surface area contributed by atoms with Gasteiger partial charge >= 0.3 is 5.97 Å². The van der Waals surface area contributed by atoms with Crippen LogP contribution >= 0.6 is 39.1 Å². The van der Waals surface area contributed by atoms with Gasteiger partial charge < -0.3 is 9.47 Å². The smallest absolute Gasteiger partial charge is 0.339 e. The lowest BCUT2D eigenvalue weighted by Gasteiger charge is -2.10. The lowest BCUT2D eigenvalue weighted by atomic mass is 10.2. The van der Waals surface area contributed by atoms with Crippen molar-refractivity contribution in [3.05, 3.63) is 56.5 Å². The Bertz CT molecular complexity index is 905. The number of carbonyl (C=O) groups is 1. The summed E-state index contributed by atoms with van der Waals surface area (Å²) in [4.78, 5) is 11.9. The van der Waals surface area contributed by atoms with Gasteiger partial charge in [-0.15, -0.1) is 0 Å². The fraction of sp³-hybridized carbons (Fsp3) is 0.133. The summed E-state index contributed by atoms with van der Waals surface area (Å²) >= 11 is 14.9. The number of rotatable bonds is 6. The number of nitrogens with two attached hydrogens (primary N) is 1. The predicted molar refractivity (Wildman–Crippen MR) is 97.8 cm³/mol. The van der Waals surface area contributed by atoms with Crippen LogP contribution in [-0.4, -0.2) is 27.6 Å². The largest absolute Gasteiger partial charge is 0.488 e. The average molecular weight is 469 g/mol. The monoisotopic (exact) mass is 467 g/mol. The standard InChI is InChI=1S/C15H12BrCl2NO5S/c16-12-3-2-10(25(19,21)22)8-11(12)15(20)24-6-5-23-14-4-1-9(17)7-13(14)18/h1-4,7-8H,5-6H2,(H2,19,21,22). The fourth-order valence-electron chi connectivity index (χ4n) is 1.79. The van der Waals surface area contributed by atoms with E-state index in [0.717, 1.165) is 6.07 Å². The van der Waals surface area contributed by atoms with Crippen LogP contribution in [0.2, 0.25) is 10.0 Å². The summed E-state index contributed by atoms with van der Waals surface area (Å²) in [5.41, 5.74) is 0.0380. The summed E-state index contributed by atoms with van der Waals surface area (Å²) in [7, 11) is -3.92. The molecular weight excluding hydrogens is 457 g/mol. The van der Waals surface area contributed by atoms with Crippen LogP contribution < -0.4 is 9.88 Å². The Morgan fingerprint density at radius 1 is 1.12 bits per heavy atom. The third-order valence-electron chi connectivity index (χ3n) is 2.95. The van der Waals surface area contributed by atoms with Crippen LogP contribution in [0, 0.1) is 0 Å². The molecule has 2 rings (SSSR count). The maximum atomic E-state index is 12.1. The van der Waals surface area contributed by atoms with Crippen molar-refractivity contribution < 1.29 is 22.7 Å². The highest BCUT2D eigenvalue weighted by Crippen LogP contribution is 2.27. The van der Waals surface area contributed by atoms with Crippen molar-refractivity contribution >= 4 is 55.1 Å². The molecule has 0 spiro atoms. The zero-order valence-electron chi connectivity index (χ0n) is 12.5. The molecule has 10 heteroatoms. The summed E-state index contributed by atoms with van der Waals surface area (Å²) in [6.45, 7) is -0.0105. The first-order chi connectivity index (χ1) is 11.7. The first-order valence-electron chi connectivity index (χ1n) is 6.76. The van der Waals surface area contributed by atoms with E-state index in [2.05, 4.69) is 15.9 Å². The molecule has 0 heterocycles. The average Bonchev–Trinajstić information content (AvgIpc) is 2.52. The minimum absolute atomic E-state index is 0.0380. The van der Waals surface area contributed by atoms with Crippen LogP contribution in [0.1, 0.15) is 10.4 Å². The van der Waals surface area contributed by atoms with Gasteiger partial charge in [-0.05, 0) is 52.3 Å². The van der Waals surface area contributed by atoms with Gasteiger partial charge in [-0.3, -0.25) is 0 Å². The number of ether oxygens (including phenoxy) is 2. The van der Waals surface area contributed by atoms with Gasteiger partial charge in [0.2, 0.25) is 10.0 Å². The van der Waals surface area contributed by atoms with Crippen LogP contribution in [0.5, 0.6) is 5.75 Å². The molecule has 2 aromatic rings. The molecular formula is C15H12BrCl2NO5S. The highest BCUT2D eigenvalue weighted by atomic mass is 79.9. The summed E-state index contributed by atoms with van der Waals surface area (Å²) < 4.78 is 33.6. The number of hydrogen-bond acceptors (Lipinski definition) is 5. The number of esters is 1. The summed E-state index contributed by atoms with van der Waals surface area (Å²) in [5.74, 6) is -0.317. The molecule has 0 aliphatic heterocycles. The molecule has 0 atom stereocenters. The number of hydrogen-bond donors (Lipinski definition) is 1. The van der Waals surface area contributed by atoms with Crippen LogP contribution in [-0.2, 0) is 14.8 Å². The number of primary sulfonamides is 1. The van der Waals surface area contributed by atoms with Gasteiger partial charge in [0, 0.05) is 9.50 Å². The van der Waals surface area contributed by atoms with E-state index in [-0.39, 0.29) is 23.7 Å². The van der Waals surface area contributed by atoms with E-state index >= 15 is 0 Å². The highest BCUT2D eigenvalue weighted by molar-refractivity contribution is 9.10. The van der Waals surface area contributed by atoms with E-state index in [4.69, 9.17) is 37.8 Å². The third-order valence-corrected chi connectivity index (χ3v) is 5.09. The molecule has 0 unspecified atom stereocenters. The van der Waals surface area contributed by atoms with E-state index in [9.17, 15) is 13.2 Å². The van der Waals surface area contributed by atoms with Crippen molar-refractivity contribution in [1.82, 2.24) is 0 Å². The van der Waals surface area contributed by atoms with Gasteiger partial charge in [0.1, 0.15) is 19.0 Å². The first-order valence-corrected chi connectivity index (χ1v) is 9.85. The molecule has 0 aliphatic rings. The lowest BCUT2D eigenvalue weighted by molar-refractivity contribution is 0.0449. The number of carbonyl (C=O) groups excluding carboxylic acids is 1. The molecule has 0 radical (unpaired) electrons. The Balaban J connectivity index is 1.96. The predicted octanol–water partition coefficient (Wildman–Crippen LogP) is 3.64. The number of halogens is 3. The molecule has 25 heavy (non-hydrogen) atoms. The second kappa shape index (κ2) is 8.37. The molecule has 0 saturated heterocycles. The van der Waals surface area contributed by atoms with Gasteiger partial charge in [-0.25, -0.2) is 18.4 Å². The molecule has 2 N–H and O–H groups in total. The Kier molecular flexibility index (Phi) is 6.70. The van der Waals surface area contributed by atoms with E-state index in [1.807, 2.05) is 0 Å². The van der Waals surface area contributed by atoms with Crippen molar-refractivity contribution in [3.63, 3.8) is 0 Å². The van der Waals surface area contributed by atoms with Gasteiger partial charge in [0.25, 0.3) is 0 Å². The van der Waals surface area contributed by atoms with Crippen LogP contribution in [0.25, 0.3) is 0 Å². The molecule has 0 saturated carbocycles. The van der Waals surface area contributed by atoms with Crippen molar-refractivity contribution in [2.45, 2.75) is 4.90 Å². The van der Waals surface area contributed by atoms with Gasteiger partial charge in [-0.1, -0.05) is 23.2 Å². The van der Waals surface area contributed by atoms with Crippen LogP contribution in [0.4, 0.5) is 0 Å². The SMILES string of the molecule is NS(=O)(=O)c1ccc(Br)c(C(=O)OCCOc2ccc(Cl)cc2Cl)c1. The van der Waals surface area contributed by atoms with Gasteiger partial charge in [0.05, 0.1) is 15.5 Å². The second-order valence-electron chi connectivity index (χ2n) is 4.75. The van der Waals surface area contributed by atoms with Crippen molar-refractivity contribution in [2.24, 2.45) is 5.14 Å². The molecule has 0 fully saturated rings. The third kappa shape index (κ3) is 5.58. The number of sulfonamides is 1. The zero-order chi connectivity index (χ0) is 18.6. The zero-order valence-corrected chi connectivity index (χ0v) is 16.5. The normalized spacial score (nSPS) is 11.2. The van der Waals surface area contributed by atoms with Crippen LogP contribution in [0.15, 0.2) is 45.8 Å². The molecule has 6 nitrogen and oxygen atoms in total. The quantitative estimate of drug-likeness (QED) is 0.515. The van der Waals surface area contributed by atoms with E-state index < -0.39 is 16.0 Å². The van der Waals surface area contributed by atoms with E-state index in [1.54, 1.807) is 12.1 Å². The van der Waals surface area contributed by atoms with E-state index in [1.165, 1.54) is 18.2 Å². The highest BCUT2D eigenvalue weighted by Gasteiger charge is 2.16. The Labute approximate surface area is 163 Å². The lowest BCUT2D eigenvalue weighted by Crippen LogP contribution is -2.15. The summed E-state index contributed by atoms with van der Waals surface area (Å²) in [6.07, 6.45) is 0. The number of benzene rings is 2. The molecule has 134 valence electrons. The molecule has 0 aromatic heterocycles. The Morgan fingerprint density at radius 2 is 1.84 bits per heavy atom. The minimum Gasteiger partial charge on any atom is -0.488 e. The van der Waals surface area contributed by atoms with Gasteiger partial charge in [0.15, 0.2) is 0 Å². The summed E-state index contributed by atoms with van der Waals surface area (Å²) in [6, 6.07) is 8.56. The van der Waals surface area contributed by atoms with Gasteiger partial charge in [-0.2, -0.15) is 0 Å².